The van der Waals surface area contributed by atoms with Crippen molar-refractivity contribution in [1.29, 1.82) is 0 Å². The number of nitrogens with one attached hydrogen (secondary N) is 2. The lowest BCUT2D eigenvalue weighted by molar-refractivity contribution is 0.0846. The van der Waals surface area contributed by atoms with Gasteiger partial charge in [0.1, 0.15) is 5.82 Å². The van der Waals surface area contributed by atoms with Gasteiger partial charge in [-0.2, -0.15) is 0 Å². The van der Waals surface area contributed by atoms with Crippen molar-refractivity contribution in [2.75, 3.05) is 0 Å². The molecule has 0 aliphatic carbocycles. The Kier molecular flexibility index (Phi) is 4.70. The highest BCUT2D eigenvalue weighted by atomic mass is 79.9. The van der Waals surface area contributed by atoms with E-state index in [-0.39, 0.29) is 5.56 Å². The van der Waals surface area contributed by atoms with Crippen LogP contribution in [0.4, 0.5) is 4.39 Å². The fourth-order valence-electron chi connectivity index (χ4n) is 1.77. The number of carbonyl (C=O) groups excluding carboxylic acids is 2. The highest BCUT2D eigenvalue weighted by Gasteiger charge is 2.11. The first-order valence-corrected chi connectivity index (χ1v) is 6.89. The predicted molar refractivity (Wildman–Crippen MR) is 80.2 cm³/mol. The van der Waals surface area contributed by atoms with Gasteiger partial charge in [-0.1, -0.05) is 34.1 Å². The van der Waals surface area contributed by atoms with Crippen molar-refractivity contribution in [3.8, 4) is 0 Å². The predicted octanol–water partition coefficient (Wildman–Crippen LogP) is 2.97. The Bertz CT molecular complexity index is 684. The lowest BCUT2D eigenvalue weighted by Crippen LogP contribution is -2.41. The van der Waals surface area contributed by atoms with Gasteiger partial charge in [0.05, 0.1) is 0 Å². The Morgan fingerprint density at radius 3 is 2.38 bits per heavy atom. The number of hydrazine groups is 1. The molecule has 2 aromatic carbocycles. The fraction of sp³-hybridized carbons (Fsp3) is 0.0667. The van der Waals surface area contributed by atoms with Gasteiger partial charge < -0.3 is 0 Å². The Morgan fingerprint density at radius 2 is 1.71 bits per heavy atom. The maximum atomic E-state index is 13.2. The number of aryl methyl sites for hydroxylation is 1. The van der Waals surface area contributed by atoms with E-state index in [4.69, 9.17) is 0 Å². The zero-order valence-electron chi connectivity index (χ0n) is 11.1. The van der Waals surface area contributed by atoms with Crippen molar-refractivity contribution in [1.82, 2.24) is 10.9 Å². The van der Waals surface area contributed by atoms with E-state index < -0.39 is 17.6 Å². The zero-order chi connectivity index (χ0) is 15.4. The molecule has 0 bridgehead atoms. The van der Waals surface area contributed by atoms with Crippen LogP contribution in [0.1, 0.15) is 26.3 Å². The summed E-state index contributed by atoms with van der Waals surface area (Å²) < 4.78 is 13.7. The van der Waals surface area contributed by atoms with Gasteiger partial charge in [-0.3, -0.25) is 20.4 Å². The lowest BCUT2D eigenvalue weighted by Gasteiger charge is -2.09. The highest BCUT2D eigenvalue weighted by Crippen LogP contribution is 2.14. The second-order valence-corrected chi connectivity index (χ2v) is 5.30. The molecule has 0 saturated heterocycles. The summed E-state index contributed by atoms with van der Waals surface area (Å²) in [6.45, 7) is 1.79. The number of halogens is 2. The molecule has 0 heterocycles. The van der Waals surface area contributed by atoms with Crippen LogP contribution in [0.25, 0.3) is 0 Å². The maximum Gasteiger partial charge on any atom is 0.269 e. The summed E-state index contributed by atoms with van der Waals surface area (Å²) in [5.41, 5.74) is 5.90. The molecule has 108 valence electrons. The summed E-state index contributed by atoms with van der Waals surface area (Å²) in [5, 5.41) is 0. The third-order valence-electron chi connectivity index (χ3n) is 2.80. The summed E-state index contributed by atoms with van der Waals surface area (Å²) in [4.78, 5) is 23.8. The number of rotatable bonds is 2. The summed E-state index contributed by atoms with van der Waals surface area (Å²) in [5.74, 6) is -1.58. The Labute approximate surface area is 129 Å². The average Bonchev–Trinajstić information content (AvgIpc) is 2.43. The molecule has 21 heavy (non-hydrogen) atoms. The number of hydrogen-bond donors (Lipinski definition) is 2. The molecule has 6 heteroatoms. The molecule has 0 fully saturated rings. The molecule has 2 amide bonds. The number of hydrogen-bond acceptors (Lipinski definition) is 2. The van der Waals surface area contributed by atoms with Gasteiger partial charge in [-0.15, -0.1) is 0 Å². The second-order valence-electron chi connectivity index (χ2n) is 4.38. The third-order valence-corrected chi connectivity index (χ3v) is 3.26. The summed E-state index contributed by atoms with van der Waals surface area (Å²) in [6, 6.07) is 10.8. The largest absolute Gasteiger partial charge is 0.269 e. The van der Waals surface area contributed by atoms with Crippen LogP contribution in [0.15, 0.2) is 46.9 Å². The van der Waals surface area contributed by atoms with Crippen molar-refractivity contribution < 1.29 is 14.0 Å². The van der Waals surface area contributed by atoms with Crippen LogP contribution in [-0.4, -0.2) is 11.8 Å². The molecule has 2 rings (SSSR count). The van der Waals surface area contributed by atoms with Crippen molar-refractivity contribution in [2.24, 2.45) is 0 Å². The Balaban J connectivity index is 2.04. The van der Waals surface area contributed by atoms with Gasteiger partial charge in [-0.25, -0.2) is 4.39 Å². The first-order chi connectivity index (χ1) is 9.97. The molecule has 0 radical (unpaired) electrons. The summed E-state index contributed by atoms with van der Waals surface area (Å²) in [6.07, 6.45) is 0. The number of benzene rings is 2. The molecule has 0 aliphatic rings. The first kappa shape index (κ1) is 15.2. The van der Waals surface area contributed by atoms with E-state index >= 15 is 0 Å². The van der Waals surface area contributed by atoms with E-state index in [9.17, 15) is 14.0 Å². The molecular weight excluding hydrogens is 339 g/mol. The zero-order valence-corrected chi connectivity index (χ0v) is 12.7. The minimum atomic E-state index is -0.600. The topological polar surface area (TPSA) is 58.2 Å². The maximum absolute atomic E-state index is 13.2. The number of amides is 2. The fourth-order valence-corrected chi connectivity index (χ4v) is 2.23. The lowest BCUT2D eigenvalue weighted by atomic mass is 10.1. The van der Waals surface area contributed by atoms with Crippen molar-refractivity contribution in [3.05, 3.63) is 69.4 Å². The van der Waals surface area contributed by atoms with Gasteiger partial charge >= 0.3 is 0 Å². The molecular formula is C15H12BrFN2O2. The molecule has 0 unspecified atom stereocenters. The number of carbonyl (C=O) groups is 2. The highest BCUT2D eigenvalue weighted by molar-refractivity contribution is 9.10. The van der Waals surface area contributed by atoms with Gasteiger partial charge in [0.15, 0.2) is 0 Å². The van der Waals surface area contributed by atoms with Crippen LogP contribution >= 0.6 is 15.9 Å². The minimum absolute atomic E-state index is 0.104. The molecule has 0 aliphatic heterocycles. The summed E-state index contributed by atoms with van der Waals surface area (Å²) >= 11 is 3.10. The molecule has 4 nitrogen and oxygen atoms in total. The van der Waals surface area contributed by atoms with E-state index in [2.05, 4.69) is 26.8 Å². The molecule has 0 saturated carbocycles. The van der Waals surface area contributed by atoms with Crippen LogP contribution in [0.2, 0.25) is 0 Å². The normalized spacial score (nSPS) is 10.0. The molecule has 2 aromatic rings. The first-order valence-electron chi connectivity index (χ1n) is 6.10. The Hall–Kier alpha value is -2.21. The van der Waals surface area contributed by atoms with E-state index in [1.807, 2.05) is 6.07 Å². The minimum Gasteiger partial charge on any atom is -0.267 e. The Morgan fingerprint density at radius 1 is 1.05 bits per heavy atom. The second kappa shape index (κ2) is 6.49. The molecule has 2 N–H and O–H groups in total. The van der Waals surface area contributed by atoms with Crippen molar-refractivity contribution in [2.45, 2.75) is 6.92 Å². The van der Waals surface area contributed by atoms with Crippen LogP contribution in [0.5, 0.6) is 0 Å². The average molecular weight is 351 g/mol. The van der Waals surface area contributed by atoms with Crippen LogP contribution in [0.3, 0.4) is 0 Å². The molecule has 0 spiro atoms. The summed E-state index contributed by atoms with van der Waals surface area (Å²) in [7, 11) is 0. The van der Waals surface area contributed by atoms with Crippen LogP contribution in [0, 0.1) is 12.7 Å². The van der Waals surface area contributed by atoms with Crippen molar-refractivity contribution >= 4 is 27.7 Å². The van der Waals surface area contributed by atoms with Gasteiger partial charge in [0.2, 0.25) is 0 Å². The molecule has 0 atom stereocenters. The van der Waals surface area contributed by atoms with E-state index in [0.29, 0.717) is 10.0 Å². The third kappa shape index (κ3) is 3.88. The van der Waals surface area contributed by atoms with Crippen molar-refractivity contribution in [3.63, 3.8) is 0 Å². The van der Waals surface area contributed by atoms with Crippen LogP contribution in [-0.2, 0) is 0 Å². The van der Waals surface area contributed by atoms with Gasteiger partial charge in [0, 0.05) is 15.6 Å². The molecule has 0 aromatic heterocycles. The van der Waals surface area contributed by atoms with Gasteiger partial charge in [-0.05, 0) is 36.8 Å². The van der Waals surface area contributed by atoms with E-state index in [0.717, 1.165) is 11.6 Å². The van der Waals surface area contributed by atoms with Gasteiger partial charge in [0.25, 0.3) is 11.8 Å². The quantitative estimate of drug-likeness (QED) is 0.818. The van der Waals surface area contributed by atoms with E-state index in [1.54, 1.807) is 25.1 Å². The van der Waals surface area contributed by atoms with E-state index in [1.165, 1.54) is 12.1 Å². The van der Waals surface area contributed by atoms with Crippen LogP contribution < -0.4 is 10.9 Å². The monoisotopic (exact) mass is 350 g/mol. The standard InChI is InChI=1S/C15H12BrFN2O2/c1-9-4-2-3-5-13(9)15(21)19-18-14(20)10-6-11(16)8-12(17)7-10/h2-8H,1H3,(H,18,20)(H,19,21). The SMILES string of the molecule is Cc1ccccc1C(=O)NNC(=O)c1cc(F)cc(Br)c1. The smallest absolute Gasteiger partial charge is 0.267 e.